The molecule has 184 valence electrons. The van der Waals surface area contributed by atoms with Crippen molar-refractivity contribution in [2.24, 2.45) is 0 Å². The molecular formula is C27H16Cl4N4O2. The van der Waals surface area contributed by atoms with E-state index in [1.165, 1.54) is 0 Å². The molecular weight excluding hydrogens is 554 g/mol. The van der Waals surface area contributed by atoms with Crippen molar-refractivity contribution in [1.82, 2.24) is 9.97 Å². The van der Waals surface area contributed by atoms with Gasteiger partial charge in [-0.2, -0.15) is 0 Å². The van der Waals surface area contributed by atoms with E-state index in [0.717, 1.165) is 16.6 Å². The molecule has 0 fully saturated rings. The number of anilines is 2. The van der Waals surface area contributed by atoms with Crippen molar-refractivity contribution in [2.75, 3.05) is 10.6 Å². The quantitative estimate of drug-likeness (QED) is 0.199. The van der Waals surface area contributed by atoms with Crippen LogP contribution in [0.15, 0.2) is 78.9 Å². The number of carbonyl (C=O) groups excluding carboxylic acids is 2. The molecule has 0 saturated heterocycles. The Morgan fingerprint density at radius 1 is 0.676 bits per heavy atom. The number of imidazole rings is 1. The molecule has 0 saturated carbocycles. The van der Waals surface area contributed by atoms with Crippen LogP contribution < -0.4 is 10.6 Å². The van der Waals surface area contributed by atoms with Gasteiger partial charge in [0.2, 0.25) is 0 Å². The van der Waals surface area contributed by atoms with Gasteiger partial charge in [0.25, 0.3) is 11.8 Å². The number of H-pyrrole nitrogens is 1. The smallest absolute Gasteiger partial charge is 0.257 e. The lowest BCUT2D eigenvalue weighted by molar-refractivity contribution is 0.101. The Balaban J connectivity index is 1.32. The Labute approximate surface area is 231 Å². The molecule has 0 bridgehead atoms. The second-order valence-electron chi connectivity index (χ2n) is 8.01. The highest BCUT2D eigenvalue weighted by molar-refractivity contribution is 6.44. The van der Waals surface area contributed by atoms with Gasteiger partial charge in [-0.3, -0.25) is 9.59 Å². The Hall–Kier alpha value is -3.55. The van der Waals surface area contributed by atoms with E-state index in [9.17, 15) is 9.59 Å². The maximum atomic E-state index is 12.7. The van der Waals surface area contributed by atoms with E-state index in [1.807, 2.05) is 12.1 Å². The molecule has 2 amide bonds. The fourth-order valence-corrected chi connectivity index (χ4v) is 4.46. The fourth-order valence-electron chi connectivity index (χ4n) is 3.69. The maximum Gasteiger partial charge on any atom is 0.257 e. The first-order valence-electron chi connectivity index (χ1n) is 10.9. The maximum absolute atomic E-state index is 12.7. The molecule has 3 N–H and O–H groups in total. The number of nitrogens with one attached hydrogen (secondary N) is 3. The number of hydrogen-bond acceptors (Lipinski definition) is 3. The molecule has 0 aliphatic heterocycles. The van der Waals surface area contributed by atoms with Crippen LogP contribution in [0, 0.1) is 0 Å². The largest absolute Gasteiger partial charge is 0.338 e. The van der Waals surface area contributed by atoms with Gasteiger partial charge in [-0.1, -0.05) is 58.5 Å². The Morgan fingerprint density at radius 3 is 1.81 bits per heavy atom. The molecule has 0 radical (unpaired) electrons. The van der Waals surface area contributed by atoms with Crippen LogP contribution in [-0.2, 0) is 0 Å². The third-order valence-electron chi connectivity index (χ3n) is 5.55. The number of aromatic amines is 1. The van der Waals surface area contributed by atoms with E-state index >= 15 is 0 Å². The highest BCUT2D eigenvalue weighted by Gasteiger charge is 2.15. The van der Waals surface area contributed by atoms with Crippen molar-refractivity contribution in [3.8, 4) is 11.4 Å². The highest BCUT2D eigenvalue weighted by atomic mass is 35.5. The summed E-state index contributed by atoms with van der Waals surface area (Å²) in [5.41, 5.74) is 4.00. The number of aromatic nitrogens is 2. The van der Waals surface area contributed by atoms with E-state index < -0.39 is 0 Å². The molecule has 0 aliphatic rings. The molecule has 0 unspecified atom stereocenters. The van der Waals surface area contributed by atoms with Crippen LogP contribution in [0.5, 0.6) is 0 Å². The topological polar surface area (TPSA) is 86.9 Å². The number of rotatable bonds is 5. The number of halogens is 4. The van der Waals surface area contributed by atoms with E-state index in [0.29, 0.717) is 27.2 Å². The number of benzene rings is 4. The minimum Gasteiger partial charge on any atom is -0.338 e. The number of fused-ring (bicyclic) bond motifs is 1. The average molecular weight is 570 g/mol. The lowest BCUT2D eigenvalue weighted by Gasteiger charge is -2.08. The predicted molar refractivity (Wildman–Crippen MR) is 150 cm³/mol. The molecule has 0 aliphatic carbocycles. The second kappa shape index (κ2) is 10.4. The van der Waals surface area contributed by atoms with Gasteiger partial charge in [-0.15, -0.1) is 0 Å². The summed E-state index contributed by atoms with van der Waals surface area (Å²) in [6, 6.07) is 22.3. The van der Waals surface area contributed by atoms with E-state index in [1.54, 1.807) is 66.7 Å². The molecule has 1 heterocycles. The van der Waals surface area contributed by atoms with Gasteiger partial charge in [0.1, 0.15) is 5.82 Å². The lowest BCUT2D eigenvalue weighted by atomic mass is 10.1. The van der Waals surface area contributed by atoms with Crippen LogP contribution in [0.3, 0.4) is 0 Å². The average Bonchev–Trinajstić information content (AvgIpc) is 3.31. The number of nitrogens with zero attached hydrogens (tertiary/aromatic N) is 1. The van der Waals surface area contributed by atoms with Gasteiger partial charge >= 0.3 is 0 Å². The van der Waals surface area contributed by atoms with E-state index in [2.05, 4.69) is 20.6 Å². The van der Waals surface area contributed by atoms with E-state index in [4.69, 9.17) is 46.4 Å². The molecule has 5 aromatic rings. The normalized spacial score (nSPS) is 10.9. The van der Waals surface area contributed by atoms with Gasteiger partial charge in [0, 0.05) is 16.9 Å². The minimum atomic E-state index is -0.372. The third-order valence-corrected chi connectivity index (χ3v) is 7.19. The van der Waals surface area contributed by atoms with Crippen LogP contribution in [0.1, 0.15) is 20.7 Å². The fraction of sp³-hybridized carbons (Fsp3) is 0. The summed E-state index contributed by atoms with van der Waals surface area (Å²) in [4.78, 5) is 33.1. The predicted octanol–water partition coefficient (Wildman–Crippen LogP) is 8.35. The summed E-state index contributed by atoms with van der Waals surface area (Å²) < 4.78 is 0. The Morgan fingerprint density at radius 2 is 1.22 bits per heavy atom. The Bertz CT molecular complexity index is 1670. The van der Waals surface area contributed by atoms with E-state index in [-0.39, 0.29) is 33.0 Å². The van der Waals surface area contributed by atoms with Crippen LogP contribution in [0.4, 0.5) is 11.4 Å². The van der Waals surface area contributed by atoms with Crippen molar-refractivity contribution in [3.63, 3.8) is 0 Å². The number of carbonyl (C=O) groups is 2. The molecule has 1 aromatic heterocycles. The molecule has 4 aromatic carbocycles. The molecule has 10 heteroatoms. The zero-order chi connectivity index (χ0) is 26.1. The molecule has 0 atom stereocenters. The second-order valence-corrected chi connectivity index (χ2v) is 9.58. The van der Waals surface area contributed by atoms with Gasteiger partial charge in [0.15, 0.2) is 0 Å². The van der Waals surface area contributed by atoms with Crippen molar-refractivity contribution in [3.05, 3.63) is 110 Å². The first kappa shape index (κ1) is 25.1. The SMILES string of the molecule is O=C(Nc1ccc(-c2nc3ccc(NC(=O)c4cccc(Cl)c4Cl)cc3[nH]2)cc1)c1cccc(Cl)c1Cl. The number of amides is 2. The zero-order valence-corrected chi connectivity index (χ0v) is 21.8. The van der Waals surface area contributed by atoms with Crippen LogP contribution in [0.2, 0.25) is 20.1 Å². The summed E-state index contributed by atoms with van der Waals surface area (Å²) in [5.74, 6) is -0.104. The van der Waals surface area contributed by atoms with Gasteiger partial charge in [0.05, 0.1) is 42.3 Å². The minimum absolute atomic E-state index is 0.196. The molecule has 37 heavy (non-hydrogen) atoms. The molecule has 6 nitrogen and oxygen atoms in total. The standard InChI is InChI=1S/C27H16Cl4N4O2/c28-19-5-1-3-17(23(19)30)26(36)32-15-9-7-14(8-10-15)25-34-21-12-11-16(13-22(21)35-25)33-27(37)18-4-2-6-20(29)24(18)31/h1-13H,(H,32,36)(H,33,37)(H,34,35). The molecule has 5 rings (SSSR count). The summed E-state index contributed by atoms with van der Waals surface area (Å²) in [7, 11) is 0. The monoisotopic (exact) mass is 568 g/mol. The first-order valence-corrected chi connectivity index (χ1v) is 12.4. The summed E-state index contributed by atoms with van der Waals surface area (Å²) in [6.45, 7) is 0. The highest BCUT2D eigenvalue weighted by Crippen LogP contribution is 2.29. The number of hydrogen-bond donors (Lipinski definition) is 3. The zero-order valence-electron chi connectivity index (χ0n) is 18.8. The summed E-state index contributed by atoms with van der Waals surface area (Å²) >= 11 is 24.3. The Kier molecular flexibility index (Phi) is 7.09. The van der Waals surface area contributed by atoms with Crippen molar-refractivity contribution < 1.29 is 9.59 Å². The lowest BCUT2D eigenvalue weighted by Crippen LogP contribution is -2.12. The van der Waals surface area contributed by atoms with Crippen LogP contribution in [-0.4, -0.2) is 21.8 Å². The summed E-state index contributed by atoms with van der Waals surface area (Å²) in [6.07, 6.45) is 0. The van der Waals surface area contributed by atoms with Crippen molar-refractivity contribution in [2.45, 2.75) is 0 Å². The van der Waals surface area contributed by atoms with Crippen LogP contribution in [0.25, 0.3) is 22.4 Å². The van der Waals surface area contributed by atoms with Crippen LogP contribution >= 0.6 is 46.4 Å². The third kappa shape index (κ3) is 5.29. The van der Waals surface area contributed by atoms with Crippen molar-refractivity contribution in [1.29, 1.82) is 0 Å². The van der Waals surface area contributed by atoms with Gasteiger partial charge in [-0.25, -0.2) is 4.98 Å². The first-order chi connectivity index (χ1) is 17.8. The van der Waals surface area contributed by atoms with Gasteiger partial charge in [-0.05, 0) is 66.7 Å². The van der Waals surface area contributed by atoms with Crippen molar-refractivity contribution >= 4 is 80.6 Å². The summed E-state index contributed by atoms with van der Waals surface area (Å²) in [5, 5.41) is 6.65. The molecule has 0 spiro atoms. The van der Waals surface area contributed by atoms with Gasteiger partial charge < -0.3 is 15.6 Å².